The number of hydrogen-bond acceptors (Lipinski definition) is 22. The SMILES string of the molecule is C.C.CC(C)[Si](OCCOCCO[C@H](COCCNC(=O)OC(C)(C)C)COC(=O)COCCN=[N+]=[N-])(C(C)C)C(C)C.Cc1ccc(S(=O)(=O)OCCOCCO[C@H](COCCNC(=O)OC(C)(C)C)COC(=O)COCCN=[N+]=[N-])cc1. The third-order valence-corrected chi connectivity index (χ3v) is 18.2. The number of alkyl carbamates (subject to hydrolysis) is 2. The Balaban J connectivity index is -0.00000153. The lowest BCUT2D eigenvalue weighted by atomic mass is 10.2. The van der Waals surface area contributed by atoms with Crippen molar-refractivity contribution in [1.82, 2.24) is 10.6 Å². The van der Waals surface area contributed by atoms with Crippen molar-refractivity contribution in [1.29, 1.82) is 0 Å². The molecule has 28 nitrogen and oxygen atoms in total. The van der Waals surface area contributed by atoms with Crippen LogP contribution < -0.4 is 10.6 Å². The van der Waals surface area contributed by atoms with Gasteiger partial charge in [-0.3, -0.25) is 4.18 Å². The molecule has 2 amide bonds. The van der Waals surface area contributed by atoms with Gasteiger partial charge in [0.15, 0.2) is 8.32 Å². The number of ether oxygens (including phenoxy) is 12. The first-order valence-electron chi connectivity index (χ1n) is 27.2. The molecular formula is C54H102N8O20SSi. The second-order valence-corrected chi connectivity index (χ2v) is 27.9. The van der Waals surface area contributed by atoms with Crippen LogP contribution in [0.5, 0.6) is 0 Å². The van der Waals surface area contributed by atoms with Gasteiger partial charge < -0.3 is 71.9 Å². The summed E-state index contributed by atoms with van der Waals surface area (Å²) in [5.41, 5.74) is 17.7. The van der Waals surface area contributed by atoms with Gasteiger partial charge in [0.1, 0.15) is 49.8 Å². The zero-order chi connectivity index (χ0) is 61.9. The molecular weight excluding hydrogens is 1140 g/mol. The summed E-state index contributed by atoms with van der Waals surface area (Å²) in [5.74, 6) is -1.22. The van der Waals surface area contributed by atoms with Crippen LogP contribution in [0.25, 0.3) is 20.9 Å². The number of rotatable bonds is 44. The second kappa shape index (κ2) is 48.2. The van der Waals surface area contributed by atoms with Gasteiger partial charge in [0.2, 0.25) is 0 Å². The third-order valence-electron chi connectivity index (χ3n) is 10.8. The molecule has 2 atom stereocenters. The number of esters is 2. The van der Waals surface area contributed by atoms with Crippen LogP contribution in [0.1, 0.15) is 104 Å². The highest BCUT2D eigenvalue weighted by molar-refractivity contribution is 7.86. The predicted octanol–water partition coefficient (Wildman–Crippen LogP) is 8.78. The summed E-state index contributed by atoms with van der Waals surface area (Å²) in [6.45, 7) is 28.2. The van der Waals surface area contributed by atoms with Crippen molar-refractivity contribution < 1.29 is 93.0 Å². The fourth-order valence-corrected chi connectivity index (χ4v) is 13.7. The van der Waals surface area contributed by atoms with Gasteiger partial charge in [-0.1, -0.05) is 84.3 Å². The number of benzene rings is 1. The first kappa shape index (κ1) is 83.3. The van der Waals surface area contributed by atoms with Crippen LogP contribution in [0.15, 0.2) is 39.4 Å². The molecule has 0 fully saturated rings. The van der Waals surface area contributed by atoms with Crippen LogP contribution >= 0.6 is 0 Å². The van der Waals surface area contributed by atoms with E-state index in [2.05, 4.69) is 72.2 Å². The van der Waals surface area contributed by atoms with E-state index in [1.807, 2.05) is 6.92 Å². The van der Waals surface area contributed by atoms with Crippen molar-refractivity contribution in [3.8, 4) is 0 Å². The van der Waals surface area contributed by atoms with Crippen molar-refractivity contribution in [2.45, 2.75) is 150 Å². The molecule has 0 heterocycles. The van der Waals surface area contributed by atoms with E-state index in [9.17, 15) is 27.6 Å². The van der Waals surface area contributed by atoms with E-state index in [1.54, 1.807) is 53.7 Å². The molecule has 0 saturated heterocycles. The maximum absolute atomic E-state index is 12.2. The minimum Gasteiger partial charge on any atom is -0.461 e. The lowest BCUT2D eigenvalue weighted by Crippen LogP contribution is -2.48. The molecule has 0 unspecified atom stereocenters. The molecule has 0 radical (unpaired) electrons. The van der Waals surface area contributed by atoms with Crippen LogP contribution in [0.3, 0.4) is 0 Å². The van der Waals surface area contributed by atoms with Gasteiger partial charge in [-0.05, 0) is 88.3 Å². The van der Waals surface area contributed by atoms with E-state index in [1.165, 1.54) is 12.1 Å². The Morgan fingerprint density at radius 2 is 0.940 bits per heavy atom. The van der Waals surface area contributed by atoms with E-state index in [4.69, 9.17) is 76.5 Å². The number of azide groups is 2. The highest BCUT2D eigenvalue weighted by Crippen LogP contribution is 2.42. The van der Waals surface area contributed by atoms with Crippen LogP contribution in [0.2, 0.25) is 16.6 Å². The summed E-state index contributed by atoms with van der Waals surface area (Å²) in [5, 5.41) is 11.8. The first-order chi connectivity index (χ1) is 38.7. The molecule has 30 heteroatoms. The average molecular weight is 1240 g/mol. The van der Waals surface area contributed by atoms with E-state index >= 15 is 0 Å². The maximum atomic E-state index is 12.2. The van der Waals surface area contributed by atoms with E-state index in [0.29, 0.717) is 36.4 Å². The first-order valence-corrected chi connectivity index (χ1v) is 30.8. The second-order valence-electron chi connectivity index (χ2n) is 20.9. The zero-order valence-electron chi connectivity index (χ0n) is 50.5. The van der Waals surface area contributed by atoms with Crippen molar-refractivity contribution >= 4 is 42.6 Å². The van der Waals surface area contributed by atoms with Crippen LogP contribution in [0.4, 0.5) is 9.59 Å². The van der Waals surface area contributed by atoms with Crippen LogP contribution in [-0.4, -0.2) is 209 Å². The molecule has 0 aliphatic heterocycles. The molecule has 0 aromatic heterocycles. The highest BCUT2D eigenvalue weighted by atomic mass is 32.2. The lowest BCUT2D eigenvalue weighted by molar-refractivity contribution is -0.156. The lowest BCUT2D eigenvalue weighted by Gasteiger charge is -2.42. The Hall–Kier alpha value is -4.91. The van der Waals surface area contributed by atoms with Gasteiger partial charge >= 0.3 is 24.1 Å². The van der Waals surface area contributed by atoms with Crippen molar-refractivity contribution in [3.63, 3.8) is 0 Å². The van der Waals surface area contributed by atoms with Gasteiger partial charge in [0, 0.05) is 36.0 Å². The van der Waals surface area contributed by atoms with E-state index in [0.717, 1.165) is 5.56 Å². The summed E-state index contributed by atoms with van der Waals surface area (Å²) in [7, 11) is -5.82. The van der Waals surface area contributed by atoms with Crippen LogP contribution in [0, 0.1) is 6.92 Å². The molecule has 0 saturated carbocycles. The fourth-order valence-electron chi connectivity index (χ4n) is 7.37. The molecule has 1 rings (SSSR count). The van der Waals surface area contributed by atoms with Gasteiger partial charge in [0.05, 0.1) is 97.4 Å². The van der Waals surface area contributed by atoms with Gasteiger partial charge in [0.25, 0.3) is 10.1 Å². The standard InChI is InChI=1S/C27H54N4O9Si.C25H40N4O11S.2CH4/c1-21(2)41(22(3)4,23(5)6)39-17-15-34-14-16-37-24(19-38-25(32)20-36-13-11-30-31-28)18-35-12-10-29-26(33)40-27(7,8)9;1-20-5-7-22(8-6-20)41(32,33)39-16-14-34-13-15-37-21(18-38-23(30)19-36-12-10-28-29-26)17-35-11-9-27-24(31)40-25(2,3)4;;/h21-24H,10-20H2,1-9H3,(H,29,33);5-8,21H,9-19H2,1-4H3,(H,27,31);2*1H4/t24-;21-;;/m11../s1. The minimum atomic E-state index is -3.88. The smallest absolute Gasteiger partial charge is 0.407 e. The summed E-state index contributed by atoms with van der Waals surface area (Å²) in [6, 6.07) is 6.30. The van der Waals surface area contributed by atoms with E-state index in [-0.39, 0.29) is 145 Å². The Morgan fingerprint density at radius 1 is 0.548 bits per heavy atom. The number of carbonyl (C=O) groups is 4. The number of aryl methyl sites for hydroxylation is 1. The van der Waals surface area contributed by atoms with Crippen molar-refractivity contribution in [3.05, 3.63) is 50.7 Å². The quantitative estimate of drug-likeness (QED) is 0.00900. The molecule has 488 valence electrons. The Morgan fingerprint density at radius 3 is 1.32 bits per heavy atom. The summed E-state index contributed by atoms with van der Waals surface area (Å²) < 4.78 is 101. The molecule has 2 N–H and O–H groups in total. The van der Waals surface area contributed by atoms with E-state index < -0.39 is 66.0 Å². The molecule has 84 heavy (non-hydrogen) atoms. The number of amides is 2. The third kappa shape index (κ3) is 43.7. The van der Waals surface area contributed by atoms with Crippen LogP contribution in [-0.2, 0) is 85.2 Å². The number of nitrogens with one attached hydrogen (secondary N) is 2. The number of hydrogen-bond donors (Lipinski definition) is 2. The summed E-state index contributed by atoms with van der Waals surface area (Å²) in [6.07, 6.45) is -2.31. The van der Waals surface area contributed by atoms with Gasteiger partial charge in [-0.2, -0.15) is 8.42 Å². The van der Waals surface area contributed by atoms with Gasteiger partial charge in [-0.15, -0.1) is 0 Å². The largest absolute Gasteiger partial charge is 0.461 e. The number of nitrogens with zero attached hydrogens (tertiary/aromatic N) is 6. The molecule has 0 spiro atoms. The fraction of sp³-hybridized carbons (Fsp3) is 0.815. The molecule has 0 bridgehead atoms. The topological polar surface area (TPSA) is 353 Å². The monoisotopic (exact) mass is 1240 g/mol. The Labute approximate surface area is 500 Å². The maximum Gasteiger partial charge on any atom is 0.407 e. The Kier molecular flexibility index (Phi) is 47.8. The predicted molar refractivity (Wildman–Crippen MR) is 318 cm³/mol. The molecule has 1 aromatic rings. The average Bonchev–Trinajstić information content (AvgIpc) is 3.55. The molecule has 1 aromatic carbocycles. The Bertz CT molecular complexity index is 2100. The zero-order valence-corrected chi connectivity index (χ0v) is 52.3. The van der Waals surface area contributed by atoms with Crippen molar-refractivity contribution in [2.24, 2.45) is 10.2 Å². The van der Waals surface area contributed by atoms with Crippen molar-refractivity contribution in [2.75, 3.05) is 145 Å². The highest BCUT2D eigenvalue weighted by Gasteiger charge is 2.44. The minimum absolute atomic E-state index is 0. The normalized spacial score (nSPS) is 12.3. The summed E-state index contributed by atoms with van der Waals surface area (Å²) >= 11 is 0. The molecule has 0 aliphatic carbocycles. The summed E-state index contributed by atoms with van der Waals surface area (Å²) in [4.78, 5) is 52.6. The molecule has 0 aliphatic rings. The van der Waals surface area contributed by atoms with Gasteiger partial charge in [-0.25, -0.2) is 19.2 Å². The number of carbonyl (C=O) groups excluding carboxylic acids is 4.